The third-order valence-electron chi connectivity index (χ3n) is 5.21. The predicted molar refractivity (Wildman–Crippen MR) is 136 cm³/mol. The van der Waals surface area contributed by atoms with Gasteiger partial charge in [-0.2, -0.15) is 0 Å². The molecule has 1 amide bonds. The molecular weight excluding hydrogens is 523 g/mol. The summed E-state index contributed by atoms with van der Waals surface area (Å²) >= 11 is 0. The fraction of sp³-hybridized carbons (Fsp3) is 0.478. The summed E-state index contributed by atoms with van der Waals surface area (Å²) in [4.78, 5) is 18.7. The van der Waals surface area contributed by atoms with Gasteiger partial charge in [-0.15, -0.1) is 24.0 Å². The van der Waals surface area contributed by atoms with Crippen molar-refractivity contribution in [3.05, 3.63) is 54.0 Å². The third-order valence-corrected chi connectivity index (χ3v) is 5.21. The van der Waals surface area contributed by atoms with E-state index in [4.69, 9.17) is 13.9 Å². The van der Waals surface area contributed by atoms with Crippen LogP contribution in [0.2, 0.25) is 0 Å². The number of aliphatic imine (C=N–C) groups is 1. The highest BCUT2D eigenvalue weighted by Gasteiger charge is 2.21. The minimum absolute atomic E-state index is 0. The zero-order valence-electron chi connectivity index (χ0n) is 18.7. The first-order valence-corrected chi connectivity index (χ1v) is 10.7. The van der Waals surface area contributed by atoms with Crippen molar-refractivity contribution < 1.29 is 18.7 Å². The van der Waals surface area contributed by atoms with Crippen LogP contribution in [0.4, 0.5) is 5.69 Å². The lowest BCUT2D eigenvalue weighted by molar-refractivity contribution is 0.00989. The summed E-state index contributed by atoms with van der Waals surface area (Å²) in [5, 5.41) is 6.25. The molecule has 1 aliphatic rings. The molecule has 2 aromatic rings. The number of furan rings is 1. The van der Waals surface area contributed by atoms with Crippen molar-refractivity contribution in [2.45, 2.75) is 31.9 Å². The highest BCUT2D eigenvalue weighted by molar-refractivity contribution is 14.0. The Balaban J connectivity index is 0.00000363. The second-order valence-corrected chi connectivity index (χ2v) is 7.43. The number of carbonyl (C=O) groups excluding carboxylic acids is 1. The van der Waals surface area contributed by atoms with Crippen LogP contribution in [0.5, 0.6) is 0 Å². The lowest BCUT2D eigenvalue weighted by Crippen LogP contribution is -2.46. The largest absolute Gasteiger partial charge is 0.459 e. The zero-order chi connectivity index (χ0) is 21.9. The summed E-state index contributed by atoms with van der Waals surface area (Å²) in [7, 11) is 3.52. The maximum atomic E-state index is 12.0. The molecule has 2 heterocycles. The van der Waals surface area contributed by atoms with Gasteiger partial charge in [0, 0.05) is 52.7 Å². The second kappa shape index (κ2) is 14.1. The van der Waals surface area contributed by atoms with Crippen molar-refractivity contribution in [1.82, 2.24) is 10.2 Å². The Hall–Kier alpha value is -2.11. The Morgan fingerprint density at radius 3 is 2.56 bits per heavy atom. The van der Waals surface area contributed by atoms with Crippen molar-refractivity contribution in [2.24, 2.45) is 4.99 Å². The van der Waals surface area contributed by atoms with E-state index in [9.17, 15) is 4.79 Å². The fourth-order valence-corrected chi connectivity index (χ4v) is 3.51. The number of anilines is 1. The van der Waals surface area contributed by atoms with E-state index in [1.165, 1.54) is 6.26 Å². The number of nitrogens with zero attached hydrogens (tertiary/aromatic N) is 2. The van der Waals surface area contributed by atoms with Crippen LogP contribution in [0, 0.1) is 0 Å². The van der Waals surface area contributed by atoms with Gasteiger partial charge in [0.25, 0.3) is 5.91 Å². The van der Waals surface area contributed by atoms with Gasteiger partial charge in [0.05, 0.1) is 12.4 Å². The molecule has 1 aromatic carbocycles. The molecule has 32 heavy (non-hydrogen) atoms. The average molecular weight is 556 g/mol. The van der Waals surface area contributed by atoms with Crippen molar-refractivity contribution in [3.63, 3.8) is 0 Å². The Morgan fingerprint density at radius 1 is 1.19 bits per heavy atom. The fourth-order valence-electron chi connectivity index (χ4n) is 3.51. The summed E-state index contributed by atoms with van der Waals surface area (Å²) in [6.07, 6.45) is 4.73. The Morgan fingerprint density at radius 2 is 1.94 bits per heavy atom. The smallest absolute Gasteiger partial charge is 0.291 e. The number of methoxy groups -OCH3 is 1. The molecule has 1 saturated heterocycles. The van der Waals surface area contributed by atoms with E-state index in [1.54, 1.807) is 19.2 Å². The SMILES string of the molecule is CN=C(NCc1ccc(NC(=O)c2ccco2)cc1)N1CCC(OCCCOC)CC1.I. The molecule has 0 atom stereocenters. The van der Waals surface area contributed by atoms with E-state index in [0.29, 0.717) is 18.4 Å². The molecule has 0 spiro atoms. The average Bonchev–Trinajstić information content (AvgIpc) is 3.34. The summed E-state index contributed by atoms with van der Waals surface area (Å²) in [5.41, 5.74) is 1.83. The highest BCUT2D eigenvalue weighted by atomic mass is 127. The number of hydrogen-bond donors (Lipinski definition) is 2. The molecule has 0 bridgehead atoms. The molecule has 8 nitrogen and oxygen atoms in total. The quantitative estimate of drug-likeness (QED) is 0.212. The predicted octanol–water partition coefficient (Wildman–Crippen LogP) is 3.74. The standard InChI is InChI=1S/C23H32N4O4.HI/c1-24-23(27-12-10-20(11-13-27)30-16-4-14-29-2)25-17-18-6-8-19(9-7-18)26-22(28)21-5-3-15-31-21;/h3,5-9,15,20H,4,10-14,16-17H2,1-2H3,(H,24,25)(H,26,28);1H. The van der Waals surface area contributed by atoms with E-state index in [-0.39, 0.29) is 29.9 Å². The number of halogens is 1. The van der Waals surface area contributed by atoms with Crippen LogP contribution >= 0.6 is 24.0 Å². The molecule has 1 fully saturated rings. The topological polar surface area (TPSA) is 88.3 Å². The Labute approximate surface area is 206 Å². The monoisotopic (exact) mass is 556 g/mol. The van der Waals surface area contributed by atoms with Gasteiger partial charge in [0.2, 0.25) is 0 Å². The normalized spacial score (nSPS) is 14.7. The van der Waals surface area contributed by atoms with E-state index in [2.05, 4.69) is 20.5 Å². The first-order chi connectivity index (χ1) is 15.2. The van der Waals surface area contributed by atoms with Crippen molar-refractivity contribution in [3.8, 4) is 0 Å². The molecular formula is C23H33IN4O4. The van der Waals surface area contributed by atoms with Crippen molar-refractivity contribution in [1.29, 1.82) is 0 Å². The number of guanidine groups is 1. The number of benzene rings is 1. The molecule has 3 rings (SSSR count). The van der Waals surface area contributed by atoms with Crippen LogP contribution in [-0.2, 0) is 16.0 Å². The molecule has 0 radical (unpaired) electrons. The van der Waals surface area contributed by atoms with Crippen LogP contribution in [0.25, 0.3) is 0 Å². The summed E-state index contributed by atoms with van der Waals surface area (Å²) in [5.74, 6) is 0.925. The van der Waals surface area contributed by atoms with E-state index in [0.717, 1.165) is 62.8 Å². The number of ether oxygens (including phenoxy) is 2. The maximum Gasteiger partial charge on any atom is 0.291 e. The number of carbonyl (C=O) groups is 1. The van der Waals surface area contributed by atoms with Gasteiger partial charge in [0.1, 0.15) is 0 Å². The van der Waals surface area contributed by atoms with Crippen LogP contribution in [0.3, 0.4) is 0 Å². The van der Waals surface area contributed by atoms with E-state index >= 15 is 0 Å². The number of hydrogen-bond acceptors (Lipinski definition) is 5. The van der Waals surface area contributed by atoms with Crippen LogP contribution in [-0.4, -0.2) is 63.3 Å². The van der Waals surface area contributed by atoms with Gasteiger partial charge in [-0.1, -0.05) is 12.1 Å². The minimum atomic E-state index is -0.262. The molecule has 1 aromatic heterocycles. The Kier molecular flexibility index (Phi) is 11.5. The number of amides is 1. The van der Waals surface area contributed by atoms with E-state index < -0.39 is 0 Å². The zero-order valence-corrected chi connectivity index (χ0v) is 21.0. The number of rotatable bonds is 9. The summed E-state index contributed by atoms with van der Waals surface area (Å²) in [6, 6.07) is 11.1. The van der Waals surface area contributed by atoms with Crippen LogP contribution < -0.4 is 10.6 Å². The van der Waals surface area contributed by atoms with Gasteiger partial charge in [-0.3, -0.25) is 9.79 Å². The van der Waals surface area contributed by atoms with Gasteiger partial charge >= 0.3 is 0 Å². The molecule has 0 aliphatic carbocycles. The number of likely N-dealkylation sites (tertiary alicyclic amines) is 1. The molecule has 1 aliphatic heterocycles. The lowest BCUT2D eigenvalue weighted by Gasteiger charge is -2.34. The summed E-state index contributed by atoms with van der Waals surface area (Å²) in [6.45, 7) is 4.00. The number of piperidine rings is 1. The lowest BCUT2D eigenvalue weighted by atomic mass is 10.1. The van der Waals surface area contributed by atoms with Crippen LogP contribution in [0.1, 0.15) is 35.4 Å². The maximum absolute atomic E-state index is 12.0. The molecule has 0 saturated carbocycles. The van der Waals surface area contributed by atoms with Crippen molar-refractivity contribution in [2.75, 3.05) is 45.8 Å². The van der Waals surface area contributed by atoms with Gasteiger partial charge < -0.3 is 29.4 Å². The molecule has 0 unspecified atom stereocenters. The molecule has 176 valence electrons. The highest BCUT2D eigenvalue weighted by Crippen LogP contribution is 2.15. The number of nitrogens with one attached hydrogen (secondary N) is 2. The first-order valence-electron chi connectivity index (χ1n) is 10.7. The summed E-state index contributed by atoms with van der Waals surface area (Å²) < 4.78 is 16.1. The van der Waals surface area contributed by atoms with Gasteiger partial charge in [-0.25, -0.2) is 0 Å². The Bertz CT molecular complexity index is 819. The second-order valence-electron chi connectivity index (χ2n) is 7.43. The molecule has 9 heteroatoms. The van der Waals surface area contributed by atoms with E-state index in [1.807, 2.05) is 31.3 Å². The third kappa shape index (κ3) is 8.10. The van der Waals surface area contributed by atoms with Crippen molar-refractivity contribution >= 4 is 41.5 Å². The molecule has 2 N–H and O–H groups in total. The van der Waals surface area contributed by atoms with Crippen LogP contribution in [0.15, 0.2) is 52.1 Å². The minimum Gasteiger partial charge on any atom is -0.459 e. The van der Waals surface area contributed by atoms with Gasteiger partial charge in [-0.05, 0) is 49.1 Å². The first kappa shape index (κ1) is 26.1. The van der Waals surface area contributed by atoms with Gasteiger partial charge in [0.15, 0.2) is 11.7 Å².